The molecular weight excluding hydrogens is 382 g/mol. The lowest BCUT2D eigenvalue weighted by Gasteiger charge is -2.06. The van der Waals surface area contributed by atoms with Gasteiger partial charge in [-0.2, -0.15) is 0 Å². The number of halogens is 1. The summed E-state index contributed by atoms with van der Waals surface area (Å²) in [7, 11) is 0. The van der Waals surface area contributed by atoms with E-state index in [-0.39, 0.29) is 11.8 Å². The van der Waals surface area contributed by atoms with Crippen molar-refractivity contribution in [1.29, 1.82) is 0 Å². The average molecular weight is 400 g/mol. The number of carbonyl (C=O) groups excluding carboxylic acids is 2. The van der Waals surface area contributed by atoms with Gasteiger partial charge in [0, 0.05) is 40.7 Å². The first-order chi connectivity index (χ1) is 12.9. The molecule has 2 amide bonds. The van der Waals surface area contributed by atoms with Gasteiger partial charge in [-0.3, -0.25) is 14.9 Å². The van der Waals surface area contributed by atoms with Crippen LogP contribution in [0.3, 0.4) is 0 Å². The van der Waals surface area contributed by atoms with Crippen LogP contribution >= 0.6 is 22.9 Å². The molecule has 0 spiro atoms. The van der Waals surface area contributed by atoms with Crippen molar-refractivity contribution < 1.29 is 9.59 Å². The summed E-state index contributed by atoms with van der Waals surface area (Å²) in [6.07, 6.45) is 2.40. The van der Waals surface area contributed by atoms with E-state index in [1.165, 1.54) is 18.3 Å². The average Bonchev–Trinajstić information content (AvgIpc) is 3.05. The fourth-order valence-electron chi connectivity index (χ4n) is 2.59. The number of aryl methyl sites for hydroxylation is 1. The first-order valence-electron chi connectivity index (χ1n) is 8.30. The number of nitrogens with one attached hydrogen (secondary N) is 2. The Hall–Kier alpha value is -2.70. The highest BCUT2D eigenvalue weighted by molar-refractivity contribution is 7.15. The molecule has 0 saturated heterocycles. The Bertz CT molecular complexity index is 1000. The summed E-state index contributed by atoms with van der Waals surface area (Å²) < 4.78 is 0. The molecule has 1 heterocycles. The molecule has 0 saturated carbocycles. The summed E-state index contributed by atoms with van der Waals surface area (Å²) in [5.74, 6) is -0.469. The zero-order valence-corrected chi connectivity index (χ0v) is 16.4. The van der Waals surface area contributed by atoms with Crippen LogP contribution in [0.2, 0.25) is 5.02 Å². The van der Waals surface area contributed by atoms with E-state index in [9.17, 15) is 9.59 Å². The summed E-state index contributed by atoms with van der Waals surface area (Å²) >= 11 is 7.76. The van der Waals surface area contributed by atoms with E-state index in [0.29, 0.717) is 22.8 Å². The van der Waals surface area contributed by atoms with Gasteiger partial charge in [-0.15, -0.1) is 11.3 Å². The second-order valence-corrected chi connectivity index (χ2v) is 7.57. The molecule has 2 N–H and O–H groups in total. The second kappa shape index (κ2) is 8.33. The number of amides is 2. The van der Waals surface area contributed by atoms with Crippen LogP contribution in [0.15, 0.2) is 48.7 Å². The third kappa shape index (κ3) is 4.93. The molecule has 7 heteroatoms. The SMILES string of the molecule is CC(=O)Nc1cccc(C(=O)Nc2ncc(Cc3cccc(C)c3Cl)s2)c1. The van der Waals surface area contributed by atoms with Gasteiger partial charge in [-0.1, -0.05) is 35.9 Å². The van der Waals surface area contributed by atoms with Gasteiger partial charge in [0.15, 0.2) is 5.13 Å². The zero-order chi connectivity index (χ0) is 19.4. The number of hydrogen-bond donors (Lipinski definition) is 2. The Morgan fingerprint density at radius 2 is 1.93 bits per heavy atom. The molecule has 1 aromatic heterocycles. The Labute approximate surface area is 166 Å². The number of anilines is 2. The summed E-state index contributed by atoms with van der Waals surface area (Å²) in [5.41, 5.74) is 3.08. The molecule has 0 fully saturated rings. The summed E-state index contributed by atoms with van der Waals surface area (Å²) in [5, 5.41) is 6.73. The maximum atomic E-state index is 12.4. The molecule has 2 aromatic carbocycles. The van der Waals surface area contributed by atoms with Crippen LogP contribution < -0.4 is 10.6 Å². The van der Waals surface area contributed by atoms with Gasteiger partial charge in [0.1, 0.15) is 0 Å². The van der Waals surface area contributed by atoms with Gasteiger partial charge in [0.05, 0.1) is 0 Å². The molecule has 0 atom stereocenters. The Morgan fingerprint density at radius 1 is 1.15 bits per heavy atom. The van der Waals surface area contributed by atoms with Crippen LogP contribution in [-0.2, 0) is 11.2 Å². The number of aromatic nitrogens is 1. The van der Waals surface area contributed by atoms with Crippen LogP contribution in [0.25, 0.3) is 0 Å². The maximum absolute atomic E-state index is 12.4. The van der Waals surface area contributed by atoms with Gasteiger partial charge in [-0.25, -0.2) is 4.98 Å². The number of nitrogens with zero attached hydrogens (tertiary/aromatic N) is 1. The Balaban J connectivity index is 1.69. The highest BCUT2D eigenvalue weighted by Gasteiger charge is 2.11. The van der Waals surface area contributed by atoms with Crippen molar-refractivity contribution in [3.63, 3.8) is 0 Å². The lowest BCUT2D eigenvalue weighted by molar-refractivity contribution is -0.114. The lowest BCUT2D eigenvalue weighted by Crippen LogP contribution is -2.12. The Morgan fingerprint density at radius 3 is 2.70 bits per heavy atom. The predicted molar refractivity (Wildman–Crippen MR) is 110 cm³/mol. The third-order valence-corrected chi connectivity index (χ3v) is 5.31. The molecule has 27 heavy (non-hydrogen) atoms. The van der Waals surface area contributed by atoms with E-state index in [1.54, 1.807) is 30.5 Å². The van der Waals surface area contributed by atoms with Crippen molar-refractivity contribution in [2.75, 3.05) is 10.6 Å². The van der Waals surface area contributed by atoms with Crippen molar-refractivity contribution in [2.24, 2.45) is 0 Å². The van der Waals surface area contributed by atoms with Crippen molar-refractivity contribution in [3.05, 3.63) is 75.3 Å². The molecule has 5 nitrogen and oxygen atoms in total. The van der Waals surface area contributed by atoms with Crippen LogP contribution in [0.4, 0.5) is 10.8 Å². The number of thiazole rings is 1. The van der Waals surface area contributed by atoms with E-state index >= 15 is 0 Å². The van der Waals surface area contributed by atoms with Gasteiger partial charge in [-0.05, 0) is 36.2 Å². The van der Waals surface area contributed by atoms with E-state index < -0.39 is 0 Å². The summed E-state index contributed by atoms with van der Waals surface area (Å²) in [6.45, 7) is 3.39. The summed E-state index contributed by atoms with van der Waals surface area (Å²) in [6, 6.07) is 12.7. The fourth-order valence-corrected chi connectivity index (χ4v) is 3.61. The molecule has 3 rings (SSSR count). The van der Waals surface area contributed by atoms with E-state index in [1.807, 2.05) is 25.1 Å². The molecule has 0 unspecified atom stereocenters. The predicted octanol–water partition coefficient (Wildman–Crippen LogP) is 4.91. The minimum absolute atomic E-state index is 0.188. The normalized spacial score (nSPS) is 10.5. The van der Waals surface area contributed by atoms with Gasteiger partial charge in [0.2, 0.25) is 5.91 Å². The molecule has 0 radical (unpaired) electrons. The minimum atomic E-state index is -0.281. The second-order valence-electron chi connectivity index (χ2n) is 6.07. The van der Waals surface area contributed by atoms with Crippen molar-refractivity contribution in [1.82, 2.24) is 4.98 Å². The number of rotatable bonds is 5. The van der Waals surface area contributed by atoms with Crippen molar-refractivity contribution in [2.45, 2.75) is 20.3 Å². The highest BCUT2D eigenvalue weighted by Crippen LogP contribution is 2.27. The van der Waals surface area contributed by atoms with E-state index in [2.05, 4.69) is 15.6 Å². The van der Waals surface area contributed by atoms with Crippen LogP contribution in [-0.4, -0.2) is 16.8 Å². The zero-order valence-electron chi connectivity index (χ0n) is 14.9. The summed E-state index contributed by atoms with van der Waals surface area (Å²) in [4.78, 5) is 28.9. The Kier molecular flexibility index (Phi) is 5.88. The molecule has 0 bridgehead atoms. The van der Waals surface area contributed by atoms with Gasteiger partial charge >= 0.3 is 0 Å². The molecule has 3 aromatic rings. The first kappa shape index (κ1) is 19.1. The van der Waals surface area contributed by atoms with Crippen molar-refractivity contribution in [3.8, 4) is 0 Å². The molecule has 0 aliphatic rings. The first-order valence-corrected chi connectivity index (χ1v) is 9.49. The fraction of sp³-hybridized carbons (Fsp3) is 0.150. The molecule has 0 aliphatic heterocycles. The largest absolute Gasteiger partial charge is 0.326 e. The highest BCUT2D eigenvalue weighted by atomic mass is 35.5. The topological polar surface area (TPSA) is 71.1 Å². The standard InChI is InChI=1S/C20H18ClN3O2S/c1-12-5-3-6-14(18(12)21)10-17-11-22-20(27-17)24-19(26)15-7-4-8-16(9-15)23-13(2)25/h3-9,11H,10H2,1-2H3,(H,23,25)(H,22,24,26). The van der Waals surface area contributed by atoms with E-state index in [4.69, 9.17) is 11.6 Å². The maximum Gasteiger partial charge on any atom is 0.257 e. The van der Waals surface area contributed by atoms with Crippen LogP contribution in [0.5, 0.6) is 0 Å². The monoisotopic (exact) mass is 399 g/mol. The van der Waals surface area contributed by atoms with Crippen LogP contribution in [0.1, 0.15) is 33.3 Å². The number of hydrogen-bond acceptors (Lipinski definition) is 4. The molecular formula is C20H18ClN3O2S. The molecule has 0 aliphatic carbocycles. The minimum Gasteiger partial charge on any atom is -0.326 e. The molecule has 138 valence electrons. The quantitative estimate of drug-likeness (QED) is 0.640. The smallest absolute Gasteiger partial charge is 0.257 e. The van der Waals surface area contributed by atoms with E-state index in [0.717, 1.165) is 21.0 Å². The van der Waals surface area contributed by atoms with Gasteiger partial charge < -0.3 is 5.32 Å². The lowest BCUT2D eigenvalue weighted by atomic mass is 10.1. The third-order valence-electron chi connectivity index (χ3n) is 3.86. The number of benzene rings is 2. The van der Waals surface area contributed by atoms with Crippen molar-refractivity contribution >= 4 is 45.6 Å². The van der Waals surface area contributed by atoms with Crippen LogP contribution in [0, 0.1) is 6.92 Å². The number of carbonyl (C=O) groups is 2. The van der Waals surface area contributed by atoms with Gasteiger partial charge in [0.25, 0.3) is 5.91 Å².